The summed E-state index contributed by atoms with van der Waals surface area (Å²) in [4.78, 5) is 12.6. The van der Waals surface area contributed by atoms with E-state index in [4.69, 9.17) is 10.4 Å². The second-order valence-corrected chi connectivity index (χ2v) is 5.39. The molecule has 2 rings (SSSR count). The second kappa shape index (κ2) is 3.97. The number of aliphatic carboxylic acids is 1. The second-order valence-electron chi connectivity index (χ2n) is 5.39. The number of hydrogen-bond acceptors (Lipinski definition) is 3. The molecule has 2 saturated carbocycles. The molecule has 0 aromatic carbocycles. The Bertz CT molecular complexity index is 318. The van der Waals surface area contributed by atoms with Gasteiger partial charge in [0.1, 0.15) is 0 Å². The molecule has 0 bridgehead atoms. The van der Waals surface area contributed by atoms with Gasteiger partial charge in [-0.25, -0.2) is 0 Å². The fourth-order valence-corrected chi connectivity index (χ4v) is 3.18. The highest BCUT2D eigenvalue weighted by Gasteiger charge is 2.48. The summed E-state index contributed by atoms with van der Waals surface area (Å²) in [6.07, 6.45) is 7.99. The van der Waals surface area contributed by atoms with Gasteiger partial charge in [0, 0.05) is 13.1 Å². The zero-order valence-corrected chi connectivity index (χ0v) is 9.65. The van der Waals surface area contributed by atoms with Crippen molar-refractivity contribution in [3.63, 3.8) is 0 Å². The third-order valence-corrected chi connectivity index (χ3v) is 4.44. The Morgan fingerprint density at radius 3 is 2.44 bits per heavy atom. The van der Waals surface area contributed by atoms with Gasteiger partial charge in [-0.2, -0.15) is 5.26 Å². The summed E-state index contributed by atoms with van der Waals surface area (Å²) in [5, 5.41) is 17.7. The lowest BCUT2D eigenvalue weighted by Gasteiger charge is -2.52. The molecule has 0 unspecified atom stereocenters. The minimum atomic E-state index is -0.639. The minimum Gasteiger partial charge on any atom is -0.481 e. The van der Waals surface area contributed by atoms with Crippen LogP contribution in [-0.4, -0.2) is 29.1 Å². The van der Waals surface area contributed by atoms with Gasteiger partial charge >= 0.3 is 5.97 Å². The lowest BCUT2D eigenvalue weighted by Crippen LogP contribution is -2.50. The predicted octanol–water partition coefficient (Wildman–Crippen LogP) is 1.82. The van der Waals surface area contributed by atoms with E-state index >= 15 is 0 Å². The van der Waals surface area contributed by atoms with E-state index in [0.29, 0.717) is 11.5 Å². The van der Waals surface area contributed by atoms with Crippen LogP contribution in [0.5, 0.6) is 0 Å². The van der Waals surface area contributed by atoms with Gasteiger partial charge < -0.3 is 10.0 Å². The number of rotatable bonds is 2. The van der Waals surface area contributed by atoms with E-state index < -0.39 is 5.97 Å². The van der Waals surface area contributed by atoms with Crippen molar-refractivity contribution < 1.29 is 9.90 Å². The molecule has 0 saturated heterocycles. The van der Waals surface area contributed by atoms with E-state index in [1.165, 1.54) is 0 Å². The van der Waals surface area contributed by atoms with Crippen molar-refractivity contribution in [3.8, 4) is 6.19 Å². The van der Waals surface area contributed by atoms with Crippen LogP contribution in [0.2, 0.25) is 0 Å². The maximum atomic E-state index is 10.8. The third-order valence-electron chi connectivity index (χ3n) is 4.44. The molecule has 0 heterocycles. The molecule has 2 aliphatic rings. The van der Waals surface area contributed by atoms with Crippen molar-refractivity contribution in [1.29, 1.82) is 5.26 Å². The summed E-state index contributed by atoms with van der Waals surface area (Å²) >= 11 is 0. The van der Waals surface area contributed by atoms with Crippen LogP contribution in [0.1, 0.15) is 38.5 Å². The highest BCUT2D eigenvalue weighted by atomic mass is 16.4. The molecule has 0 atom stereocenters. The van der Waals surface area contributed by atoms with Gasteiger partial charge in [-0.05, 0) is 43.9 Å². The minimum absolute atomic E-state index is 0.127. The number of carboxylic acid groups (broad SMARTS) is 1. The van der Waals surface area contributed by atoms with Crippen molar-refractivity contribution in [1.82, 2.24) is 4.90 Å². The van der Waals surface area contributed by atoms with Crippen molar-refractivity contribution in [2.45, 2.75) is 44.6 Å². The Kier molecular flexibility index (Phi) is 2.79. The molecule has 0 amide bonds. The molecule has 4 heteroatoms. The molecular formula is C12H18N2O2. The van der Waals surface area contributed by atoms with Crippen LogP contribution in [0, 0.1) is 22.8 Å². The Morgan fingerprint density at radius 2 is 2.00 bits per heavy atom. The first-order valence-corrected chi connectivity index (χ1v) is 5.92. The van der Waals surface area contributed by atoms with Crippen LogP contribution >= 0.6 is 0 Å². The first-order valence-electron chi connectivity index (χ1n) is 5.92. The average molecular weight is 222 g/mol. The van der Waals surface area contributed by atoms with Crippen LogP contribution in [0.15, 0.2) is 0 Å². The smallest absolute Gasteiger partial charge is 0.306 e. The summed E-state index contributed by atoms with van der Waals surface area (Å²) in [5.41, 5.74) is 0.363. The van der Waals surface area contributed by atoms with Gasteiger partial charge in [-0.3, -0.25) is 4.79 Å². The zero-order valence-electron chi connectivity index (χ0n) is 9.65. The zero-order chi connectivity index (χ0) is 11.8. The quantitative estimate of drug-likeness (QED) is 0.571. The summed E-state index contributed by atoms with van der Waals surface area (Å²) in [5.74, 6) is -0.766. The summed E-state index contributed by atoms with van der Waals surface area (Å²) < 4.78 is 0. The number of nitriles is 1. The molecule has 1 spiro atoms. The van der Waals surface area contributed by atoms with Crippen molar-refractivity contribution in [2.75, 3.05) is 7.05 Å². The van der Waals surface area contributed by atoms with Crippen molar-refractivity contribution >= 4 is 5.97 Å². The highest BCUT2D eigenvalue weighted by molar-refractivity contribution is 5.70. The molecule has 0 aliphatic heterocycles. The van der Waals surface area contributed by atoms with Crippen LogP contribution in [-0.2, 0) is 4.79 Å². The lowest BCUT2D eigenvalue weighted by atomic mass is 9.56. The first-order chi connectivity index (χ1) is 7.56. The first kappa shape index (κ1) is 11.3. The number of hydrogen-bond donors (Lipinski definition) is 1. The third kappa shape index (κ3) is 1.87. The molecule has 4 nitrogen and oxygen atoms in total. The van der Waals surface area contributed by atoms with E-state index in [1.54, 1.807) is 4.90 Å². The fraction of sp³-hybridized carbons (Fsp3) is 0.833. The fourth-order valence-electron chi connectivity index (χ4n) is 3.18. The van der Waals surface area contributed by atoms with Crippen LogP contribution in [0.4, 0.5) is 0 Å². The maximum absolute atomic E-state index is 10.8. The predicted molar refractivity (Wildman–Crippen MR) is 58.4 cm³/mol. The van der Waals surface area contributed by atoms with E-state index in [9.17, 15) is 4.79 Å². The molecule has 2 aliphatic carbocycles. The average Bonchev–Trinajstić information content (AvgIpc) is 2.25. The van der Waals surface area contributed by atoms with E-state index in [-0.39, 0.29) is 5.92 Å². The van der Waals surface area contributed by atoms with Gasteiger partial charge in [-0.15, -0.1) is 0 Å². The van der Waals surface area contributed by atoms with E-state index in [0.717, 1.165) is 38.5 Å². The number of nitrogens with zero attached hydrogens (tertiary/aromatic N) is 2. The van der Waals surface area contributed by atoms with Crippen molar-refractivity contribution in [3.05, 3.63) is 0 Å². The molecule has 2 fully saturated rings. The van der Waals surface area contributed by atoms with E-state index in [2.05, 4.69) is 6.19 Å². The number of carboxylic acids is 1. The Morgan fingerprint density at radius 1 is 1.44 bits per heavy atom. The maximum Gasteiger partial charge on any atom is 0.306 e. The summed E-state index contributed by atoms with van der Waals surface area (Å²) in [6.45, 7) is 0. The molecule has 0 aromatic rings. The van der Waals surface area contributed by atoms with Crippen LogP contribution in [0.25, 0.3) is 0 Å². The summed E-state index contributed by atoms with van der Waals surface area (Å²) in [6, 6.07) is 0.395. The standard InChI is InChI=1S/C12H18N2O2/c1-14(8-13)10-6-12(7-10)4-2-9(3-5-12)11(15)16/h9-10H,2-7H2,1H3,(H,15,16). The lowest BCUT2D eigenvalue weighted by molar-refractivity contribution is -0.144. The van der Waals surface area contributed by atoms with Gasteiger partial charge in [0.15, 0.2) is 6.19 Å². The molecule has 0 aromatic heterocycles. The Labute approximate surface area is 95.9 Å². The molecule has 88 valence electrons. The Hall–Kier alpha value is -1.24. The van der Waals surface area contributed by atoms with Gasteiger partial charge in [0.2, 0.25) is 0 Å². The van der Waals surface area contributed by atoms with Gasteiger partial charge in [0.05, 0.1) is 5.92 Å². The normalized spacial score (nSPS) is 37.5. The van der Waals surface area contributed by atoms with E-state index in [1.807, 2.05) is 7.05 Å². The van der Waals surface area contributed by atoms with Crippen molar-refractivity contribution in [2.24, 2.45) is 11.3 Å². The van der Waals surface area contributed by atoms with Crippen LogP contribution in [0.3, 0.4) is 0 Å². The van der Waals surface area contributed by atoms with Gasteiger partial charge in [-0.1, -0.05) is 0 Å². The SMILES string of the molecule is CN(C#N)C1CC2(CCC(C(=O)O)CC2)C1. The molecule has 0 radical (unpaired) electrons. The molecular weight excluding hydrogens is 204 g/mol. The number of carbonyl (C=O) groups is 1. The summed E-state index contributed by atoms with van der Waals surface area (Å²) in [7, 11) is 1.83. The monoisotopic (exact) mass is 222 g/mol. The highest BCUT2D eigenvalue weighted by Crippen LogP contribution is 2.53. The van der Waals surface area contributed by atoms with Gasteiger partial charge in [0.25, 0.3) is 0 Å². The topological polar surface area (TPSA) is 64.3 Å². The van der Waals surface area contributed by atoms with Crippen LogP contribution < -0.4 is 0 Å². The Balaban J connectivity index is 1.83. The molecule has 1 N–H and O–H groups in total. The largest absolute Gasteiger partial charge is 0.481 e. The molecule has 16 heavy (non-hydrogen) atoms.